The fourth-order valence-electron chi connectivity index (χ4n) is 3.06. The summed E-state index contributed by atoms with van der Waals surface area (Å²) in [6.07, 6.45) is 14.7. The van der Waals surface area contributed by atoms with E-state index in [1.165, 1.54) is 74.3 Å². The summed E-state index contributed by atoms with van der Waals surface area (Å²) < 4.78 is 0. The van der Waals surface area contributed by atoms with Crippen LogP contribution in [0.2, 0.25) is 0 Å². The van der Waals surface area contributed by atoms with Crippen LogP contribution < -0.4 is 5.32 Å². The number of aromatic amines is 1. The molecule has 122 valence electrons. The molecule has 0 saturated heterocycles. The average molecular weight is 300 g/mol. The van der Waals surface area contributed by atoms with Crippen molar-refractivity contribution in [3.8, 4) is 0 Å². The van der Waals surface area contributed by atoms with Crippen molar-refractivity contribution in [2.24, 2.45) is 0 Å². The van der Waals surface area contributed by atoms with Crippen molar-refractivity contribution in [2.75, 3.05) is 6.54 Å². The number of H-pyrrole nitrogens is 1. The van der Waals surface area contributed by atoms with E-state index in [2.05, 4.69) is 47.7 Å². The molecule has 2 heteroatoms. The predicted molar refractivity (Wildman–Crippen MR) is 97.2 cm³/mol. The highest BCUT2D eigenvalue weighted by Crippen LogP contribution is 2.17. The molecule has 0 unspecified atom stereocenters. The highest BCUT2D eigenvalue weighted by molar-refractivity contribution is 5.82. The number of fused-ring (bicyclic) bond motifs is 1. The predicted octanol–water partition coefficient (Wildman–Crippen LogP) is 5.79. The van der Waals surface area contributed by atoms with E-state index in [9.17, 15) is 0 Å². The minimum absolute atomic E-state index is 0.973. The molecule has 2 nitrogen and oxygen atoms in total. The molecule has 0 saturated carbocycles. The lowest BCUT2D eigenvalue weighted by Crippen LogP contribution is -2.14. The first-order valence-corrected chi connectivity index (χ1v) is 9.17. The number of aromatic nitrogens is 1. The van der Waals surface area contributed by atoms with Crippen molar-refractivity contribution in [1.82, 2.24) is 10.3 Å². The summed E-state index contributed by atoms with van der Waals surface area (Å²) in [6.45, 7) is 4.39. The molecule has 2 N–H and O–H groups in total. The normalized spacial score (nSPS) is 11.3. The lowest BCUT2D eigenvalue weighted by Gasteiger charge is -2.04. The second-order valence-corrected chi connectivity index (χ2v) is 6.36. The molecule has 1 aromatic heterocycles. The summed E-state index contributed by atoms with van der Waals surface area (Å²) in [4.78, 5) is 3.34. The van der Waals surface area contributed by atoms with Crippen LogP contribution in [0.4, 0.5) is 0 Å². The van der Waals surface area contributed by atoms with Gasteiger partial charge in [0.2, 0.25) is 0 Å². The van der Waals surface area contributed by atoms with Gasteiger partial charge in [0.05, 0.1) is 0 Å². The van der Waals surface area contributed by atoms with Gasteiger partial charge in [0.1, 0.15) is 0 Å². The fraction of sp³-hybridized carbons (Fsp3) is 0.600. The SMILES string of the molecule is CCCCCCCCCCCNCc1c[nH]c2ccccc12. The smallest absolute Gasteiger partial charge is 0.0457 e. The Kier molecular flexibility index (Phi) is 8.11. The summed E-state index contributed by atoms with van der Waals surface area (Å²) in [7, 11) is 0. The van der Waals surface area contributed by atoms with Crippen molar-refractivity contribution in [1.29, 1.82) is 0 Å². The van der Waals surface area contributed by atoms with E-state index >= 15 is 0 Å². The first-order chi connectivity index (χ1) is 10.9. The van der Waals surface area contributed by atoms with E-state index < -0.39 is 0 Å². The van der Waals surface area contributed by atoms with Gasteiger partial charge in [-0.1, -0.05) is 76.5 Å². The Hall–Kier alpha value is -1.28. The maximum atomic E-state index is 3.58. The summed E-state index contributed by atoms with van der Waals surface area (Å²) in [6, 6.07) is 8.53. The van der Waals surface area contributed by atoms with Crippen LogP contribution in [0.3, 0.4) is 0 Å². The van der Waals surface area contributed by atoms with Gasteiger partial charge < -0.3 is 10.3 Å². The quantitative estimate of drug-likeness (QED) is 0.477. The van der Waals surface area contributed by atoms with E-state index in [1.807, 2.05) is 0 Å². The number of rotatable bonds is 12. The Labute approximate surface area is 135 Å². The zero-order valence-corrected chi connectivity index (χ0v) is 14.2. The van der Waals surface area contributed by atoms with Gasteiger partial charge in [-0.2, -0.15) is 0 Å². The number of unbranched alkanes of at least 4 members (excludes halogenated alkanes) is 8. The van der Waals surface area contributed by atoms with E-state index in [1.54, 1.807) is 0 Å². The Morgan fingerprint density at radius 2 is 1.55 bits per heavy atom. The van der Waals surface area contributed by atoms with E-state index in [0.717, 1.165) is 13.1 Å². The Morgan fingerprint density at radius 1 is 0.864 bits per heavy atom. The minimum Gasteiger partial charge on any atom is -0.361 e. The number of benzene rings is 1. The zero-order valence-electron chi connectivity index (χ0n) is 14.2. The van der Waals surface area contributed by atoms with Crippen molar-refractivity contribution in [3.05, 3.63) is 36.0 Å². The van der Waals surface area contributed by atoms with E-state index in [-0.39, 0.29) is 0 Å². The van der Waals surface area contributed by atoms with Crippen LogP contribution in [-0.4, -0.2) is 11.5 Å². The van der Waals surface area contributed by atoms with Gasteiger partial charge in [-0.25, -0.2) is 0 Å². The third kappa shape index (κ3) is 5.84. The third-order valence-electron chi connectivity index (χ3n) is 4.45. The summed E-state index contributed by atoms with van der Waals surface area (Å²) in [5.41, 5.74) is 2.62. The average Bonchev–Trinajstić information content (AvgIpc) is 2.96. The largest absolute Gasteiger partial charge is 0.361 e. The molecule has 22 heavy (non-hydrogen) atoms. The van der Waals surface area contributed by atoms with Gasteiger partial charge in [0.25, 0.3) is 0 Å². The molecule has 0 aliphatic rings. The fourth-order valence-corrected chi connectivity index (χ4v) is 3.06. The number of hydrogen-bond acceptors (Lipinski definition) is 1. The Morgan fingerprint density at radius 3 is 2.32 bits per heavy atom. The second kappa shape index (κ2) is 10.4. The molecule has 0 radical (unpaired) electrons. The van der Waals surface area contributed by atoms with E-state index in [0.29, 0.717) is 0 Å². The maximum Gasteiger partial charge on any atom is 0.0457 e. The lowest BCUT2D eigenvalue weighted by atomic mass is 10.1. The van der Waals surface area contributed by atoms with Gasteiger partial charge in [-0.3, -0.25) is 0 Å². The molecule has 2 rings (SSSR count). The van der Waals surface area contributed by atoms with Crippen LogP contribution in [0, 0.1) is 0 Å². The van der Waals surface area contributed by atoms with Crippen molar-refractivity contribution < 1.29 is 0 Å². The van der Waals surface area contributed by atoms with Crippen molar-refractivity contribution in [3.63, 3.8) is 0 Å². The van der Waals surface area contributed by atoms with E-state index in [4.69, 9.17) is 0 Å². The van der Waals surface area contributed by atoms with Crippen LogP contribution in [0.5, 0.6) is 0 Å². The second-order valence-electron chi connectivity index (χ2n) is 6.36. The Bertz CT molecular complexity index is 515. The van der Waals surface area contributed by atoms with Gasteiger partial charge in [0.15, 0.2) is 0 Å². The van der Waals surface area contributed by atoms with Crippen LogP contribution in [0.15, 0.2) is 30.5 Å². The molecule has 0 atom stereocenters. The molecule has 0 bridgehead atoms. The molecule has 0 aliphatic heterocycles. The minimum atomic E-state index is 0.973. The van der Waals surface area contributed by atoms with Gasteiger partial charge in [-0.05, 0) is 24.6 Å². The van der Waals surface area contributed by atoms with Gasteiger partial charge in [-0.15, -0.1) is 0 Å². The molecule has 0 spiro atoms. The molecular weight excluding hydrogens is 268 g/mol. The van der Waals surface area contributed by atoms with Gasteiger partial charge in [0, 0.05) is 23.6 Å². The monoisotopic (exact) mass is 300 g/mol. The molecular formula is C20H32N2. The molecule has 0 fully saturated rings. The van der Waals surface area contributed by atoms with Crippen LogP contribution in [0.1, 0.15) is 70.3 Å². The van der Waals surface area contributed by atoms with Crippen LogP contribution in [0.25, 0.3) is 10.9 Å². The van der Waals surface area contributed by atoms with Crippen LogP contribution in [-0.2, 0) is 6.54 Å². The first kappa shape index (κ1) is 17.1. The topological polar surface area (TPSA) is 27.8 Å². The zero-order chi connectivity index (χ0) is 15.5. The van der Waals surface area contributed by atoms with Crippen molar-refractivity contribution in [2.45, 2.75) is 71.3 Å². The standard InChI is InChI=1S/C20H32N2/c1-2-3-4-5-6-7-8-9-12-15-21-16-18-17-22-20-14-11-10-13-19(18)20/h10-11,13-14,17,21-22H,2-9,12,15-16H2,1H3. The number of nitrogens with one attached hydrogen (secondary N) is 2. The Balaban J connectivity index is 1.48. The molecule has 0 amide bonds. The maximum absolute atomic E-state index is 3.58. The highest BCUT2D eigenvalue weighted by Gasteiger charge is 2.01. The highest BCUT2D eigenvalue weighted by atomic mass is 14.9. The summed E-state index contributed by atoms with van der Waals surface area (Å²) >= 11 is 0. The lowest BCUT2D eigenvalue weighted by molar-refractivity contribution is 0.549. The van der Waals surface area contributed by atoms with Crippen molar-refractivity contribution >= 4 is 10.9 Å². The third-order valence-corrected chi connectivity index (χ3v) is 4.45. The number of hydrogen-bond donors (Lipinski definition) is 2. The molecule has 0 aliphatic carbocycles. The number of para-hydroxylation sites is 1. The summed E-state index contributed by atoms with van der Waals surface area (Å²) in [5, 5.41) is 4.93. The molecule has 2 aromatic rings. The van der Waals surface area contributed by atoms with Gasteiger partial charge >= 0.3 is 0 Å². The first-order valence-electron chi connectivity index (χ1n) is 9.17. The summed E-state index contributed by atoms with van der Waals surface area (Å²) in [5.74, 6) is 0. The van der Waals surface area contributed by atoms with Crippen LogP contribution >= 0.6 is 0 Å². The molecule has 1 heterocycles. The molecule has 1 aromatic carbocycles.